The van der Waals surface area contributed by atoms with Gasteiger partial charge < -0.3 is 19.3 Å². The minimum Gasteiger partial charge on any atom is -0.462 e. The average molecular weight is 721 g/mol. The first-order valence-electron chi connectivity index (χ1n) is 19.2. The summed E-state index contributed by atoms with van der Waals surface area (Å²) in [5, 5.41) is 0. The standard InChI is InChI=1S/C41H69O8P/c1-3-5-7-9-11-13-15-17-18-19-20-21-22-24-26-28-30-32-34-36-41(43)49-39(38-48-50(44,45)46)37-47-40(42)35-33-31-29-27-25-23-16-14-12-10-8-6-4-2/h5,7,11,13,17-18,20-21,24,26,30,32,39H,3-4,6,8-10,12,14-16,19,22-23,25,27-29,31,33-38H2,1-2H3,(H2,44,45,46)/b7-5-,13-11-,18-17-,21-20-,26-24-,32-30-/t39-/m1/s1. The molecule has 0 aliphatic carbocycles. The zero-order valence-electron chi connectivity index (χ0n) is 31.3. The van der Waals surface area contributed by atoms with E-state index in [-0.39, 0.29) is 19.4 Å². The molecule has 0 fully saturated rings. The monoisotopic (exact) mass is 720 g/mol. The fourth-order valence-electron chi connectivity index (χ4n) is 4.93. The van der Waals surface area contributed by atoms with Gasteiger partial charge in [0.15, 0.2) is 6.10 Å². The van der Waals surface area contributed by atoms with Gasteiger partial charge in [0.2, 0.25) is 0 Å². The largest absolute Gasteiger partial charge is 0.469 e. The molecule has 0 unspecified atom stereocenters. The van der Waals surface area contributed by atoms with Crippen molar-refractivity contribution in [2.24, 2.45) is 0 Å². The Balaban J connectivity index is 4.11. The van der Waals surface area contributed by atoms with Gasteiger partial charge in [0.05, 0.1) is 6.61 Å². The van der Waals surface area contributed by atoms with E-state index in [1.54, 1.807) is 0 Å². The lowest BCUT2D eigenvalue weighted by Gasteiger charge is -2.18. The number of hydrogen-bond acceptors (Lipinski definition) is 6. The van der Waals surface area contributed by atoms with Crippen molar-refractivity contribution in [3.05, 3.63) is 72.9 Å². The summed E-state index contributed by atoms with van der Waals surface area (Å²) < 4.78 is 26.2. The molecular weight excluding hydrogens is 651 g/mol. The van der Waals surface area contributed by atoms with Crippen LogP contribution in [0.15, 0.2) is 72.9 Å². The van der Waals surface area contributed by atoms with Crippen LogP contribution in [-0.2, 0) is 28.2 Å². The molecule has 0 saturated heterocycles. The number of phosphoric ester groups is 1. The van der Waals surface area contributed by atoms with Crippen LogP contribution in [0.2, 0.25) is 0 Å². The second kappa shape index (κ2) is 36.3. The van der Waals surface area contributed by atoms with Crippen molar-refractivity contribution >= 4 is 19.8 Å². The second-order valence-electron chi connectivity index (χ2n) is 12.5. The van der Waals surface area contributed by atoms with E-state index in [4.69, 9.17) is 19.3 Å². The van der Waals surface area contributed by atoms with E-state index in [0.717, 1.165) is 51.4 Å². The summed E-state index contributed by atoms with van der Waals surface area (Å²) in [7, 11) is -4.77. The number of allylic oxidation sites excluding steroid dienone is 12. The van der Waals surface area contributed by atoms with Gasteiger partial charge in [0.25, 0.3) is 0 Å². The van der Waals surface area contributed by atoms with Gasteiger partial charge in [-0.2, -0.15) is 0 Å². The molecule has 2 N–H and O–H groups in total. The Kier molecular flexibility index (Phi) is 34.5. The van der Waals surface area contributed by atoms with E-state index < -0.39 is 32.5 Å². The maximum atomic E-state index is 12.3. The van der Waals surface area contributed by atoms with E-state index in [1.807, 2.05) is 12.2 Å². The fraction of sp³-hybridized carbons (Fsp3) is 0.659. The molecule has 0 aliphatic heterocycles. The van der Waals surface area contributed by atoms with E-state index >= 15 is 0 Å². The zero-order valence-corrected chi connectivity index (χ0v) is 32.2. The molecular formula is C41H69O8P. The molecule has 0 radical (unpaired) electrons. The lowest BCUT2D eigenvalue weighted by molar-refractivity contribution is -0.161. The number of ether oxygens (including phenoxy) is 2. The van der Waals surface area contributed by atoms with Crippen molar-refractivity contribution in [2.45, 2.75) is 161 Å². The molecule has 0 aliphatic rings. The fourth-order valence-corrected chi connectivity index (χ4v) is 5.29. The maximum Gasteiger partial charge on any atom is 0.469 e. The number of rotatable bonds is 34. The van der Waals surface area contributed by atoms with Gasteiger partial charge in [-0.3, -0.25) is 14.1 Å². The van der Waals surface area contributed by atoms with Crippen molar-refractivity contribution in [1.82, 2.24) is 0 Å². The number of phosphoric acid groups is 1. The SMILES string of the molecule is CC/C=C\C/C=C\C/C=C\C/C=C\C/C=C\C/C=C\CCC(=O)O[C@H](COC(=O)CCCCCCCCCCCCCCC)COP(=O)(O)O. The summed E-state index contributed by atoms with van der Waals surface area (Å²) in [5.74, 6) is -0.986. The highest BCUT2D eigenvalue weighted by Gasteiger charge is 2.22. The molecule has 0 aromatic carbocycles. The summed E-state index contributed by atoms with van der Waals surface area (Å²) in [5.41, 5.74) is 0. The van der Waals surface area contributed by atoms with E-state index in [9.17, 15) is 14.2 Å². The van der Waals surface area contributed by atoms with Gasteiger partial charge in [0, 0.05) is 12.8 Å². The van der Waals surface area contributed by atoms with E-state index in [1.165, 1.54) is 64.2 Å². The molecule has 0 aromatic rings. The number of esters is 2. The van der Waals surface area contributed by atoms with Crippen LogP contribution in [0.25, 0.3) is 0 Å². The van der Waals surface area contributed by atoms with E-state index in [2.05, 4.69) is 79.1 Å². The molecule has 0 bridgehead atoms. The van der Waals surface area contributed by atoms with Crippen LogP contribution in [0, 0.1) is 0 Å². The first-order chi connectivity index (χ1) is 24.3. The quantitative estimate of drug-likeness (QED) is 0.0292. The van der Waals surface area contributed by atoms with Crippen molar-refractivity contribution in [1.29, 1.82) is 0 Å². The van der Waals surface area contributed by atoms with Gasteiger partial charge in [-0.25, -0.2) is 4.57 Å². The molecule has 0 aromatic heterocycles. The van der Waals surface area contributed by atoms with Gasteiger partial charge >= 0.3 is 19.8 Å². The number of carbonyl (C=O) groups is 2. The van der Waals surface area contributed by atoms with Crippen molar-refractivity contribution < 1.29 is 37.9 Å². The number of unbranched alkanes of at least 4 members (excludes halogenated alkanes) is 12. The Morgan fingerprint density at radius 3 is 1.40 bits per heavy atom. The minimum atomic E-state index is -4.77. The Morgan fingerprint density at radius 2 is 0.960 bits per heavy atom. The topological polar surface area (TPSA) is 119 Å². The van der Waals surface area contributed by atoms with Crippen molar-refractivity contribution in [3.8, 4) is 0 Å². The Morgan fingerprint density at radius 1 is 0.540 bits per heavy atom. The third-order valence-electron chi connectivity index (χ3n) is 7.75. The third kappa shape index (κ3) is 38.3. The van der Waals surface area contributed by atoms with Gasteiger partial charge in [-0.1, -0.05) is 164 Å². The molecule has 0 saturated carbocycles. The highest BCUT2D eigenvalue weighted by molar-refractivity contribution is 7.46. The van der Waals surface area contributed by atoms with Crippen LogP contribution in [0.3, 0.4) is 0 Å². The highest BCUT2D eigenvalue weighted by atomic mass is 31.2. The Hall–Kier alpha value is -2.51. The van der Waals surface area contributed by atoms with Gasteiger partial charge in [-0.05, 0) is 51.4 Å². The average Bonchev–Trinajstić information content (AvgIpc) is 3.08. The molecule has 1 atom stereocenters. The first kappa shape index (κ1) is 47.5. The van der Waals surface area contributed by atoms with Crippen LogP contribution in [-0.4, -0.2) is 41.0 Å². The summed E-state index contributed by atoms with van der Waals surface area (Å²) in [6.07, 6.45) is 46.3. The predicted octanol–water partition coefficient (Wildman–Crippen LogP) is 11.5. The van der Waals surface area contributed by atoms with Gasteiger partial charge in [0.1, 0.15) is 6.61 Å². The number of hydrogen-bond donors (Lipinski definition) is 2. The molecule has 0 rings (SSSR count). The van der Waals surface area contributed by atoms with Crippen molar-refractivity contribution in [3.63, 3.8) is 0 Å². The molecule has 50 heavy (non-hydrogen) atoms. The van der Waals surface area contributed by atoms with Crippen LogP contribution in [0.1, 0.15) is 155 Å². The third-order valence-corrected chi connectivity index (χ3v) is 8.24. The molecule has 0 heterocycles. The summed E-state index contributed by atoms with van der Waals surface area (Å²) in [6.45, 7) is 3.49. The van der Waals surface area contributed by atoms with Gasteiger partial charge in [-0.15, -0.1) is 0 Å². The zero-order chi connectivity index (χ0) is 36.8. The Bertz CT molecular complexity index is 1040. The predicted molar refractivity (Wildman–Crippen MR) is 207 cm³/mol. The summed E-state index contributed by atoms with van der Waals surface area (Å²) in [6, 6.07) is 0. The lowest BCUT2D eigenvalue weighted by Crippen LogP contribution is -2.29. The highest BCUT2D eigenvalue weighted by Crippen LogP contribution is 2.35. The maximum absolute atomic E-state index is 12.3. The molecule has 0 amide bonds. The van der Waals surface area contributed by atoms with E-state index in [0.29, 0.717) is 12.8 Å². The summed E-state index contributed by atoms with van der Waals surface area (Å²) in [4.78, 5) is 42.7. The van der Waals surface area contributed by atoms with Crippen LogP contribution >= 0.6 is 7.82 Å². The molecule has 8 nitrogen and oxygen atoms in total. The van der Waals surface area contributed by atoms with Crippen LogP contribution in [0.4, 0.5) is 0 Å². The second-order valence-corrected chi connectivity index (χ2v) is 13.8. The first-order valence-corrected chi connectivity index (χ1v) is 20.8. The van der Waals surface area contributed by atoms with Crippen LogP contribution < -0.4 is 0 Å². The smallest absolute Gasteiger partial charge is 0.462 e. The molecule has 286 valence electrons. The van der Waals surface area contributed by atoms with Crippen molar-refractivity contribution in [2.75, 3.05) is 13.2 Å². The summed E-state index contributed by atoms with van der Waals surface area (Å²) >= 11 is 0. The number of carbonyl (C=O) groups excluding carboxylic acids is 2. The molecule has 9 heteroatoms. The van der Waals surface area contributed by atoms with Crippen LogP contribution in [0.5, 0.6) is 0 Å². The molecule has 0 spiro atoms. The Labute approximate surface area is 304 Å². The normalized spacial score (nSPS) is 13.3. The minimum absolute atomic E-state index is 0.0848. The lowest BCUT2D eigenvalue weighted by atomic mass is 10.0.